The van der Waals surface area contributed by atoms with Crippen LogP contribution in [0.1, 0.15) is 17.4 Å². The molecule has 0 saturated carbocycles. The summed E-state index contributed by atoms with van der Waals surface area (Å²) in [7, 11) is 1.68. The minimum atomic E-state index is -0.670. The Morgan fingerprint density at radius 3 is 3.07 bits per heavy atom. The Kier molecular flexibility index (Phi) is 2.23. The highest BCUT2D eigenvalue weighted by Gasteiger charge is 2.18. The molecule has 1 aromatic rings. The lowest BCUT2D eigenvalue weighted by atomic mass is 10.1. The van der Waals surface area contributed by atoms with Crippen LogP contribution in [0.3, 0.4) is 0 Å². The summed E-state index contributed by atoms with van der Waals surface area (Å²) >= 11 is 0. The van der Waals surface area contributed by atoms with Gasteiger partial charge in [0.1, 0.15) is 6.23 Å². The molecule has 0 saturated heterocycles. The Morgan fingerprint density at radius 1 is 1.57 bits per heavy atom. The summed E-state index contributed by atoms with van der Waals surface area (Å²) in [6.45, 7) is 0. The Bertz CT molecular complexity index is 376. The first kappa shape index (κ1) is 9.18. The van der Waals surface area contributed by atoms with E-state index in [9.17, 15) is 9.90 Å². The van der Waals surface area contributed by atoms with Crippen LogP contribution in [0.15, 0.2) is 18.2 Å². The van der Waals surface area contributed by atoms with E-state index in [2.05, 4.69) is 10.6 Å². The van der Waals surface area contributed by atoms with Crippen molar-refractivity contribution in [2.24, 2.45) is 0 Å². The Balaban J connectivity index is 2.32. The van der Waals surface area contributed by atoms with E-state index in [4.69, 9.17) is 0 Å². The van der Waals surface area contributed by atoms with Crippen LogP contribution in [0.2, 0.25) is 0 Å². The minimum Gasteiger partial charge on any atom is -0.374 e. The van der Waals surface area contributed by atoms with Crippen LogP contribution >= 0.6 is 0 Å². The quantitative estimate of drug-likeness (QED) is 0.594. The van der Waals surface area contributed by atoms with Gasteiger partial charge in [-0.15, -0.1) is 0 Å². The third-order valence-corrected chi connectivity index (χ3v) is 2.34. The van der Waals surface area contributed by atoms with Crippen LogP contribution in [-0.2, 0) is 11.2 Å². The standard InChI is InChI=1S/C10H12N2O2/c1-11-10(14)6-2-3-8-7(4-6)5-9(13)12-8/h2-4,10-11,14H,5H2,1H3,(H,12,13). The van der Waals surface area contributed by atoms with E-state index in [1.54, 1.807) is 13.1 Å². The van der Waals surface area contributed by atoms with Crippen molar-refractivity contribution >= 4 is 11.6 Å². The van der Waals surface area contributed by atoms with Crippen molar-refractivity contribution in [1.82, 2.24) is 5.32 Å². The predicted octanol–water partition coefficient (Wildman–Crippen LogP) is 0.392. The van der Waals surface area contributed by atoms with Crippen LogP contribution in [0.25, 0.3) is 0 Å². The molecule has 74 valence electrons. The fourth-order valence-electron chi connectivity index (χ4n) is 1.59. The Hall–Kier alpha value is -1.39. The Labute approximate surface area is 81.9 Å². The number of carbonyl (C=O) groups excluding carboxylic acids is 1. The van der Waals surface area contributed by atoms with Gasteiger partial charge in [-0.1, -0.05) is 6.07 Å². The van der Waals surface area contributed by atoms with Crippen molar-refractivity contribution < 1.29 is 9.90 Å². The highest BCUT2D eigenvalue weighted by molar-refractivity contribution is 5.99. The molecule has 1 heterocycles. The number of hydrogen-bond acceptors (Lipinski definition) is 3. The molecule has 14 heavy (non-hydrogen) atoms. The minimum absolute atomic E-state index is 0.0103. The second-order valence-corrected chi connectivity index (χ2v) is 3.33. The third kappa shape index (κ3) is 1.49. The molecule has 1 aliphatic heterocycles. The average molecular weight is 192 g/mol. The van der Waals surface area contributed by atoms with Crippen molar-refractivity contribution in [2.75, 3.05) is 12.4 Å². The van der Waals surface area contributed by atoms with Crippen LogP contribution in [0.4, 0.5) is 5.69 Å². The van der Waals surface area contributed by atoms with E-state index in [1.165, 1.54) is 0 Å². The topological polar surface area (TPSA) is 61.4 Å². The number of hydrogen-bond donors (Lipinski definition) is 3. The molecule has 4 heteroatoms. The molecule has 2 rings (SSSR count). The molecule has 4 nitrogen and oxygen atoms in total. The zero-order valence-corrected chi connectivity index (χ0v) is 7.87. The van der Waals surface area contributed by atoms with Crippen LogP contribution in [0, 0.1) is 0 Å². The monoisotopic (exact) mass is 192 g/mol. The lowest BCUT2D eigenvalue weighted by molar-refractivity contribution is -0.115. The number of amides is 1. The zero-order chi connectivity index (χ0) is 10.1. The fraction of sp³-hybridized carbons (Fsp3) is 0.300. The lowest BCUT2D eigenvalue weighted by Gasteiger charge is -2.10. The van der Waals surface area contributed by atoms with Gasteiger partial charge in [-0.3, -0.25) is 10.1 Å². The number of anilines is 1. The SMILES string of the molecule is CNC(O)c1ccc2c(c1)CC(=O)N2. The van der Waals surface area contributed by atoms with Gasteiger partial charge in [-0.25, -0.2) is 0 Å². The third-order valence-electron chi connectivity index (χ3n) is 2.34. The summed E-state index contributed by atoms with van der Waals surface area (Å²) in [5.41, 5.74) is 2.58. The van der Waals surface area contributed by atoms with Gasteiger partial charge in [0.25, 0.3) is 0 Å². The molecule has 1 aliphatic rings. The molecule has 3 N–H and O–H groups in total. The molecule has 1 unspecified atom stereocenters. The summed E-state index contributed by atoms with van der Waals surface area (Å²) in [6, 6.07) is 5.45. The summed E-state index contributed by atoms with van der Waals surface area (Å²) in [4.78, 5) is 11.1. The maximum atomic E-state index is 11.1. The van der Waals surface area contributed by atoms with Crippen molar-refractivity contribution in [3.63, 3.8) is 0 Å². The number of benzene rings is 1. The highest BCUT2D eigenvalue weighted by Crippen LogP contribution is 2.25. The largest absolute Gasteiger partial charge is 0.374 e. The number of aliphatic hydroxyl groups excluding tert-OH is 1. The van der Waals surface area contributed by atoms with Gasteiger partial charge < -0.3 is 10.4 Å². The highest BCUT2D eigenvalue weighted by atomic mass is 16.3. The van der Waals surface area contributed by atoms with Crippen molar-refractivity contribution in [3.8, 4) is 0 Å². The molecule has 1 aromatic carbocycles. The van der Waals surface area contributed by atoms with Crippen LogP contribution in [0.5, 0.6) is 0 Å². The van der Waals surface area contributed by atoms with Crippen molar-refractivity contribution in [2.45, 2.75) is 12.6 Å². The van der Waals surface area contributed by atoms with Gasteiger partial charge in [-0.05, 0) is 30.3 Å². The lowest BCUT2D eigenvalue weighted by Crippen LogP contribution is -2.15. The van der Waals surface area contributed by atoms with Gasteiger partial charge in [0.05, 0.1) is 6.42 Å². The molecule has 0 aliphatic carbocycles. The first-order valence-electron chi connectivity index (χ1n) is 4.48. The first-order chi connectivity index (χ1) is 6.70. The normalized spacial score (nSPS) is 16.3. The molecule has 1 atom stereocenters. The zero-order valence-electron chi connectivity index (χ0n) is 7.87. The number of nitrogens with one attached hydrogen (secondary N) is 2. The van der Waals surface area contributed by atoms with Crippen LogP contribution in [-0.4, -0.2) is 18.1 Å². The van der Waals surface area contributed by atoms with E-state index in [0.717, 1.165) is 16.8 Å². The molecular weight excluding hydrogens is 180 g/mol. The van der Waals surface area contributed by atoms with Crippen LogP contribution < -0.4 is 10.6 Å². The van der Waals surface area contributed by atoms with E-state index < -0.39 is 6.23 Å². The van der Waals surface area contributed by atoms with Crippen molar-refractivity contribution in [3.05, 3.63) is 29.3 Å². The van der Waals surface area contributed by atoms with Gasteiger partial charge in [0.15, 0.2) is 0 Å². The van der Waals surface area contributed by atoms with E-state index in [0.29, 0.717) is 6.42 Å². The summed E-state index contributed by atoms with van der Waals surface area (Å²) in [6.07, 6.45) is -0.268. The maximum absolute atomic E-state index is 11.1. The average Bonchev–Trinajstić information content (AvgIpc) is 2.55. The van der Waals surface area contributed by atoms with E-state index >= 15 is 0 Å². The smallest absolute Gasteiger partial charge is 0.228 e. The molecule has 0 bridgehead atoms. The second-order valence-electron chi connectivity index (χ2n) is 3.33. The molecule has 0 fully saturated rings. The van der Waals surface area contributed by atoms with Gasteiger partial charge >= 0.3 is 0 Å². The number of aliphatic hydroxyl groups is 1. The van der Waals surface area contributed by atoms with Gasteiger partial charge in [0.2, 0.25) is 5.91 Å². The molecular formula is C10H12N2O2. The fourth-order valence-corrected chi connectivity index (χ4v) is 1.59. The number of rotatable bonds is 2. The molecule has 0 aromatic heterocycles. The summed E-state index contributed by atoms with van der Waals surface area (Å²) in [5.74, 6) is 0.0103. The Morgan fingerprint density at radius 2 is 2.36 bits per heavy atom. The first-order valence-corrected chi connectivity index (χ1v) is 4.48. The van der Waals surface area contributed by atoms with E-state index in [-0.39, 0.29) is 5.91 Å². The predicted molar refractivity (Wildman–Crippen MR) is 52.8 cm³/mol. The van der Waals surface area contributed by atoms with E-state index in [1.807, 2.05) is 12.1 Å². The maximum Gasteiger partial charge on any atom is 0.228 e. The number of carbonyl (C=O) groups is 1. The second kappa shape index (κ2) is 3.40. The molecule has 1 amide bonds. The molecule has 0 radical (unpaired) electrons. The van der Waals surface area contributed by atoms with Crippen molar-refractivity contribution in [1.29, 1.82) is 0 Å². The van der Waals surface area contributed by atoms with Gasteiger partial charge in [-0.2, -0.15) is 0 Å². The van der Waals surface area contributed by atoms with Gasteiger partial charge in [0, 0.05) is 5.69 Å². The number of fused-ring (bicyclic) bond motifs is 1. The summed E-state index contributed by atoms with van der Waals surface area (Å²) in [5, 5.41) is 15.0. The summed E-state index contributed by atoms with van der Waals surface area (Å²) < 4.78 is 0. The molecule has 0 spiro atoms.